The van der Waals surface area contributed by atoms with Crippen LogP contribution in [0.4, 0.5) is 4.79 Å². The van der Waals surface area contributed by atoms with Gasteiger partial charge in [-0.15, -0.1) is 0 Å². The van der Waals surface area contributed by atoms with Gasteiger partial charge in [0.15, 0.2) is 0 Å². The molecule has 1 amide bonds. The van der Waals surface area contributed by atoms with Gasteiger partial charge >= 0.3 is 6.09 Å². The van der Waals surface area contributed by atoms with Crippen molar-refractivity contribution in [3.05, 3.63) is 0 Å². The maximum absolute atomic E-state index is 12.0. The second-order valence-electron chi connectivity index (χ2n) is 6.56. The fourth-order valence-electron chi connectivity index (χ4n) is 2.34. The van der Waals surface area contributed by atoms with Gasteiger partial charge in [-0.1, -0.05) is 22.6 Å². The van der Waals surface area contributed by atoms with Gasteiger partial charge in [0.2, 0.25) is 0 Å². The van der Waals surface area contributed by atoms with Crippen molar-refractivity contribution in [1.82, 2.24) is 4.90 Å². The highest BCUT2D eigenvalue weighted by atomic mass is 127. The molecule has 0 unspecified atom stereocenters. The van der Waals surface area contributed by atoms with Crippen LogP contribution < -0.4 is 0 Å². The monoisotopic (exact) mass is 397 g/mol. The highest BCUT2D eigenvalue weighted by molar-refractivity contribution is 14.1. The maximum Gasteiger partial charge on any atom is 0.410 e. The Morgan fingerprint density at radius 2 is 1.95 bits per heavy atom. The molecule has 0 aromatic rings. The number of hydrogen-bond donors (Lipinski definition) is 0. The van der Waals surface area contributed by atoms with Gasteiger partial charge in [0.25, 0.3) is 0 Å². The molecule has 0 bridgehead atoms. The maximum atomic E-state index is 12.0. The van der Waals surface area contributed by atoms with E-state index in [4.69, 9.17) is 14.2 Å². The highest BCUT2D eigenvalue weighted by Gasteiger charge is 2.40. The summed E-state index contributed by atoms with van der Waals surface area (Å²) in [4.78, 5) is 13.8. The van der Waals surface area contributed by atoms with Crippen molar-refractivity contribution in [3.8, 4) is 0 Å². The predicted octanol–water partition coefficient (Wildman–Crippen LogP) is 2.61. The number of piperidine rings is 1. The van der Waals surface area contributed by atoms with Crippen LogP contribution in [0.3, 0.4) is 0 Å². The second-order valence-corrected chi connectivity index (χ2v) is 7.32. The van der Waals surface area contributed by atoms with E-state index in [1.807, 2.05) is 20.8 Å². The minimum atomic E-state index is -0.436. The number of rotatable bonds is 3. The average Bonchev–Trinajstić information content (AvgIpc) is 2.32. The topological polar surface area (TPSA) is 48.0 Å². The van der Waals surface area contributed by atoms with Crippen molar-refractivity contribution in [2.24, 2.45) is 0 Å². The molecule has 0 aliphatic carbocycles. The van der Waals surface area contributed by atoms with Crippen LogP contribution in [0.5, 0.6) is 0 Å². The van der Waals surface area contributed by atoms with Crippen LogP contribution in [-0.4, -0.2) is 59.0 Å². The van der Waals surface area contributed by atoms with Crippen LogP contribution in [-0.2, 0) is 14.2 Å². The Balaban J connectivity index is 1.85. The third-order valence-electron chi connectivity index (χ3n) is 3.59. The molecule has 2 fully saturated rings. The Labute approximate surface area is 134 Å². The molecule has 0 saturated carbocycles. The lowest BCUT2D eigenvalue weighted by atomic mass is 9.93. The summed E-state index contributed by atoms with van der Waals surface area (Å²) in [7, 11) is 0. The first kappa shape index (κ1) is 16.3. The van der Waals surface area contributed by atoms with E-state index >= 15 is 0 Å². The smallest absolute Gasteiger partial charge is 0.410 e. The lowest BCUT2D eigenvalue weighted by molar-refractivity contribution is -0.195. The third kappa shape index (κ3) is 4.21. The molecule has 0 atom stereocenters. The van der Waals surface area contributed by atoms with E-state index in [0.29, 0.717) is 26.3 Å². The molecular weight excluding hydrogens is 373 g/mol. The van der Waals surface area contributed by atoms with Crippen LogP contribution in [0.25, 0.3) is 0 Å². The van der Waals surface area contributed by atoms with Gasteiger partial charge in [0, 0.05) is 17.5 Å². The number of carbonyl (C=O) groups is 1. The van der Waals surface area contributed by atoms with Gasteiger partial charge < -0.3 is 19.1 Å². The van der Waals surface area contributed by atoms with Crippen molar-refractivity contribution >= 4 is 28.7 Å². The molecule has 2 heterocycles. The zero-order valence-electron chi connectivity index (χ0n) is 12.5. The summed E-state index contributed by atoms with van der Waals surface area (Å²) in [6.45, 7) is 8.48. The van der Waals surface area contributed by atoms with E-state index in [1.165, 1.54) is 0 Å². The van der Waals surface area contributed by atoms with E-state index < -0.39 is 5.60 Å². The molecule has 6 heteroatoms. The minimum Gasteiger partial charge on any atom is -0.444 e. The summed E-state index contributed by atoms with van der Waals surface area (Å²) in [6, 6.07) is 0. The summed E-state index contributed by atoms with van der Waals surface area (Å²) in [6.07, 6.45) is 1.75. The van der Waals surface area contributed by atoms with Crippen molar-refractivity contribution < 1.29 is 19.0 Å². The molecule has 116 valence electrons. The second kappa shape index (κ2) is 6.36. The summed E-state index contributed by atoms with van der Waals surface area (Å²) < 4.78 is 17.7. The number of amides is 1. The summed E-state index contributed by atoms with van der Waals surface area (Å²) in [5, 5.41) is 0. The first-order chi connectivity index (χ1) is 9.34. The SMILES string of the molecule is CC(C)(C)OC(=O)N1CCC(CI)(OC2COC2)CC1. The first-order valence-corrected chi connectivity index (χ1v) is 8.66. The van der Waals surface area contributed by atoms with E-state index in [2.05, 4.69) is 22.6 Å². The molecule has 2 rings (SSSR count). The molecule has 0 spiro atoms. The van der Waals surface area contributed by atoms with Crippen molar-refractivity contribution in [2.75, 3.05) is 30.7 Å². The van der Waals surface area contributed by atoms with Gasteiger partial charge in [0.05, 0.1) is 18.8 Å². The molecular formula is C14H24INO4. The number of alkyl halides is 1. The fraction of sp³-hybridized carbons (Fsp3) is 0.929. The minimum absolute atomic E-state index is 0.104. The highest BCUT2D eigenvalue weighted by Crippen LogP contribution is 2.32. The molecule has 2 aliphatic heterocycles. The standard InChI is InChI=1S/C14H24INO4/c1-13(2,3)20-12(17)16-6-4-14(10-15,5-7-16)19-11-8-18-9-11/h11H,4-10H2,1-3H3. The molecule has 0 radical (unpaired) electrons. The van der Waals surface area contributed by atoms with Crippen molar-refractivity contribution in [3.63, 3.8) is 0 Å². The largest absolute Gasteiger partial charge is 0.444 e. The lowest BCUT2D eigenvalue weighted by Gasteiger charge is -2.44. The molecule has 20 heavy (non-hydrogen) atoms. The Bertz CT molecular complexity index is 344. The lowest BCUT2D eigenvalue weighted by Crippen LogP contribution is -2.53. The Morgan fingerprint density at radius 3 is 2.35 bits per heavy atom. The number of halogens is 1. The number of hydrogen-bond acceptors (Lipinski definition) is 4. The van der Waals surface area contributed by atoms with Crippen molar-refractivity contribution in [2.45, 2.75) is 50.9 Å². The Morgan fingerprint density at radius 1 is 1.35 bits per heavy atom. The molecule has 2 aliphatic rings. The number of nitrogens with zero attached hydrogens (tertiary/aromatic N) is 1. The van der Waals surface area contributed by atoms with Gasteiger partial charge in [-0.05, 0) is 33.6 Å². The van der Waals surface area contributed by atoms with E-state index in [-0.39, 0.29) is 17.8 Å². The average molecular weight is 397 g/mol. The van der Waals surface area contributed by atoms with Crippen molar-refractivity contribution in [1.29, 1.82) is 0 Å². The first-order valence-electron chi connectivity index (χ1n) is 7.13. The predicted molar refractivity (Wildman–Crippen MR) is 84.4 cm³/mol. The van der Waals surface area contributed by atoms with E-state index in [0.717, 1.165) is 17.3 Å². The van der Waals surface area contributed by atoms with E-state index in [9.17, 15) is 4.79 Å². The zero-order valence-corrected chi connectivity index (χ0v) is 14.6. The summed E-state index contributed by atoms with van der Waals surface area (Å²) in [5.74, 6) is 0. The summed E-state index contributed by atoms with van der Waals surface area (Å²) >= 11 is 2.38. The quantitative estimate of drug-likeness (QED) is 0.543. The normalized spacial score (nSPS) is 23.3. The van der Waals surface area contributed by atoms with Gasteiger partial charge in [-0.3, -0.25) is 0 Å². The Kier molecular flexibility index (Phi) is 5.18. The fourth-order valence-corrected chi connectivity index (χ4v) is 3.28. The molecule has 0 aromatic carbocycles. The third-order valence-corrected chi connectivity index (χ3v) is 4.98. The van der Waals surface area contributed by atoms with Crippen LogP contribution in [0.15, 0.2) is 0 Å². The molecule has 2 saturated heterocycles. The summed E-state index contributed by atoms with van der Waals surface area (Å²) in [5.41, 5.74) is -0.540. The van der Waals surface area contributed by atoms with Gasteiger partial charge in [-0.2, -0.15) is 0 Å². The van der Waals surface area contributed by atoms with Crippen LogP contribution in [0.2, 0.25) is 0 Å². The van der Waals surface area contributed by atoms with Gasteiger partial charge in [-0.25, -0.2) is 4.79 Å². The number of carbonyl (C=O) groups excluding carboxylic acids is 1. The number of likely N-dealkylation sites (tertiary alicyclic amines) is 1. The van der Waals surface area contributed by atoms with Gasteiger partial charge in [0.1, 0.15) is 11.7 Å². The van der Waals surface area contributed by atoms with Crippen LogP contribution in [0, 0.1) is 0 Å². The molecule has 0 aromatic heterocycles. The molecule has 5 nitrogen and oxygen atoms in total. The zero-order chi connectivity index (χ0) is 14.8. The molecule has 0 N–H and O–H groups in total. The Hall–Kier alpha value is -0.0800. The number of ether oxygens (including phenoxy) is 3. The van der Waals surface area contributed by atoms with E-state index in [1.54, 1.807) is 4.90 Å². The van der Waals surface area contributed by atoms with Crippen LogP contribution in [0.1, 0.15) is 33.6 Å². The van der Waals surface area contributed by atoms with Crippen LogP contribution >= 0.6 is 22.6 Å².